The molecule has 254 valence electrons. The van der Waals surface area contributed by atoms with Gasteiger partial charge in [-0.05, 0) is 61.1 Å². The number of benzene rings is 5. The van der Waals surface area contributed by atoms with Gasteiger partial charge < -0.3 is 9.84 Å². The van der Waals surface area contributed by atoms with Crippen LogP contribution >= 0.6 is 11.8 Å². The fourth-order valence-corrected chi connectivity index (χ4v) is 9.55. The Morgan fingerprint density at radius 3 is 1.73 bits per heavy atom. The van der Waals surface area contributed by atoms with Gasteiger partial charge in [-0.15, -0.1) is 0 Å². The monoisotopic (exact) mass is 693 g/mol. The van der Waals surface area contributed by atoms with Crippen LogP contribution in [0.15, 0.2) is 138 Å². The fraction of sp³-hybridized carbons (Fsp3) is 0.244. The summed E-state index contributed by atoms with van der Waals surface area (Å²) in [5.74, 6) is 0. The molecule has 6 nitrogen and oxygen atoms in total. The summed E-state index contributed by atoms with van der Waals surface area (Å²) in [6.45, 7) is 7.68. The highest BCUT2D eigenvalue weighted by molar-refractivity contribution is 8.14. The van der Waals surface area contributed by atoms with Crippen LogP contribution in [0.3, 0.4) is 0 Å². The van der Waals surface area contributed by atoms with E-state index in [9.17, 15) is 18.3 Å². The number of sulfonamides is 1. The molecular formula is C41H43NO5S2. The largest absolute Gasteiger partial charge is 0.385 e. The minimum absolute atomic E-state index is 0.107. The number of hydrogen-bond acceptors (Lipinski definition) is 6. The van der Waals surface area contributed by atoms with E-state index in [1.165, 1.54) is 4.31 Å². The number of rotatable bonds is 14. The molecule has 0 aromatic heterocycles. The van der Waals surface area contributed by atoms with Crippen LogP contribution in [0, 0.1) is 20.8 Å². The Hall–Kier alpha value is -4.05. The van der Waals surface area contributed by atoms with Crippen LogP contribution in [0.5, 0.6) is 0 Å². The molecule has 1 N–H and O–H groups in total. The summed E-state index contributed by atoms with van der Waals surface area (Å²) in [6, 6.07) is 40.5. The van der Waals surface area contributed by atoms with Crippen molar-refractivity contribution in [3.8, 4) is 0 Å². The zero-order valence-electron chi connectivity index (χ0n) is 28.3. The lowest BCUT2D eigenvalue weighted by Crippen LogP contribution is -2.42. The molecular weight excluding hydrogens is 651 g/mol. The summed E-state index contributed by atoms with van der Waals surface area (Å²) in [6.07, 6.45) is -2.45. The van der Waals surface area contributed by atoms with Crippen LogP contribution in [-0.2, 0) is 32.7 Å². The average molecular weight is 694 g/mol. The first-order valence-electron chi connectivity index (χ1n) is 16.3. The van der Waals surface area contributed by atoms with E-state index >= 15 is 0 Å². The van der Waals surface area contributed by atoms with Crippen LogP contribution in [0.25, 0.3) is 0 Å². The molecule has 49 heavy (non-hydrogen) atoms. The van der Waals surface area contributed by atoms with Gasteiger partial charge in [0.05, 0.1) is 16.8 Å². The smallest absolute Gasteiger partial charge is 0.244 e. The van der Waals surface area contributed by atoms with Gasteiger partial charge in [0.2, 0.25) is 15.1 Å². The second-order valence-corrected chi connectivity index (χ2v) is 15.3. The number of aryl methyl sites for hydroxylation is 3. The normalized spacial score (nSPS) is 14.2. The van der Waals surface area contributed by atoms with Gasteiger partial charge in [0.15, 0.2) is 6.10 Å². The number of nitrogens with zero attached hydrogens (tertiary/aromatic N) is 1. The molecule has 5 rings (SSSR count). The van der Waals surface area contributed by atoms with Crippen molar-refractivity contribution >= 4 is 26.9 Å². The maximum atomic E-state index is 14.8. The zero-order chi connectivity index (χ0) is 35.0. The Kier molecular flexibility index (Phi) is 12.3. The molecule has 0 aliphatic rings. The van der Waals surface area contributed by atoms with Gasteiger partial charge in [-0.2, -0.15) is 4.31 Å². The van der Waals surface area contributed by atoms with Crippen molar-refractivity contribution in [3.05, 3.63) is 172 Å². The summed E-state index contributed by atoms with van der Waals surface area (Å²) in [4.78, 5) is 14.7. The molecule has 5 aromatic carbocycles. The molecule has 0 saturated heterocycles. The first kappa shape index (κ1) is 36.2. The molecule has 0 aliphatic carbocycles. The van der Waals surface area contributed by atoms with E-state index in [2.05, 4.69) is 0 Å². The van der Waals surface area contributed by atoms with E-state index in [1.807, 2.05) is 137 Å². The van der Waals surface area contributed by atoms with E-state index < -0.39 is 38.6 Å². The standard InChI is InChI=1S/C41H43NO5S2/c1-29-25-30(2)40(31(3)26-29)49(45,46)42(27-33-17-9-5-10-18-33)32(4)39(36-23-15-8-16-24-36)48-41(44)38(37(43)35-21-13-7-14-22-35)47-28-34-19-11-6-12-20-34/h5-26,32,37-39,43H,27-28H2,1-4H3/t32-,37+,38-,39-/m1/s1. The molecule has 0 amide bonds. The van der Waals surface area contributed by atoms with Crippen molar-refractivity contribution in [1.82, 2.24) is 4.31 Å². The van der Waals surface area contributed by atoms with Crippen LogP contribution < -0.4 is 0 Å². The van der Waals surface area contributed by atoms with E-state index in [0.29, 0.717) is 16.7 Å². The Labute approximate surface area is 294 Å². The van der Waals surface area contributed by atoms with Crippen molar-refractivity contribution in [2.75, 3.05) is 0 Å². The minimum Gasteiger partial charge on any atom is -0.385 e. The van der Waals surface area contributed by atoms with E-state index in [4.69, 9.17) is 4.74 Å². The molecule has 0 heterocycles. The summed E-state index contributed by atoms with van der Waals surface area (Å²) in [7, 11) is -4.06. The molecule has 5 aromatic rings. The summed E-state index contributed by atoms with van der Waals surface area (Å²) in [5, 5.41) is 10.5. The molecule has 0 aliphatic heterocycles. The Balaban J connectivity index is 1.56. The SMILES string of the molecule is Cc1cc(C)c(S(=O)(=O)N(Cc2ccccc2)[C@H](C)[C@@H](SC(=O)[C@H](OCc2ccccc2)[C@@H](O)c2ccccc2)c2ccccc2)c(C)c1. The van der Waals surface area contributed by atoms with Gasteiger partial charge in [-0.1, -0.05) is 151 Å². The Bertz CT molecular complexity index is 1900. The van der Waals surface area contributed by atoms with Crippen molar-refractivity contribution < 1.29 is 23.1 Å². The average Bonchev–Trinajstić information content (AvgIpc) is 3.10. The number of ether oxygens (including phenoxy) is 1. The number of carbonyl (C=O) groups is 1. The Morgan fingerprint density at radius 2 is 1.20 bits per heavy atom. The third-order valence-electron chi connectivity index (χ3n) is 8.55. The van der Waals surface area contributed by atoms with Crippen molar-refractivity contribution in [1.29, 1.82) is 0 Å². The molecule has 4 atom stereocenters. The van der Waals surface area contributed by atoms with Crippen molar-refractivity contribution in [2.45, 2.75) is 69.2 Å². The third kappa shape index (κ3) is 8.95. The van der Waals surface area contributed by atoms with Gasteiger partial charge >= 0.3 is 0 Å². The lowest BCUT2D eigenvalue weighted by atomic mass is 10.0. The molecule has 0 fully saturated rings. The van der Waals surface area contributed by atoms with Crippen molar-refractivity contribution in [3.63, 3.8) is 0 Å². The number of hydrogen-bond donors (Lipinski definition) is 1. The van der Waals surface area contributed by atoms with E-state index in [1.54, 1.807) is 24.3 Å². The van der Waals surface area contributed by atoms with Crippen LogP contribution in [0.4, 0.5) is 0 Å². The molecule has 8 heteroatoms. The number of carbonyl (C=O) groups excluding carboxylic acids is 1. The predicted octanol–water partition coefficient (Wildman–Crippen LogP) is 8.51. The minimum atomic E-state index is -4.06. The van der Waals surface area contributed by atoms with Gasteiger partial charge in [0.1, 0.15) is 6.10 Å². The highest BCUT2D eigenvalue weighted by atomic mass is 32.2. The van der Waals surface area contributed by atoms with E-state index in [0.717, 1.165) is 34.0 Å². The van der Waals surface area contributed by atoms with Gasteiger partial charge in [-0.3, -0.25) is 4.79 Å². The van der Waals surface area contributed by atoms with Crippen LogP contribution in [0.2, 0.25) is 0 Å². The second-order valence-electron chi connectivity index (χ2n) is 12.3. The van der Waals surface area contributed by atoms with Gasteiger partial charge in [0, 0.05) is 12.6 Å². The quantitative estimate of drug-likeness (QED) is 0.126. The zero-order valence-corrected chi connectivity index (χ0v) is 29.9. The highest BCUT2D eigenvalue weighted by Crippen LogP contribution is 2.41. The lowest BCUT2D eigenvalue weighted by Gasteiger charge is -2.35. The topological polar surface area (TPSA) is 83.9 Å². The van der Waals surface area contributed by atoms with Gasteiger partial charge in [-0.25, -0.2) is 8.42 Å². The number of aliphatic hydroxyl groups excluding tert-OH is 1. The lowest BCUT2D eigenvalue weighted by molar-refractivity contribution is -0.131. The molecule has 0 radical (unpaired) electrons. The number of thioether (sulfide) groups is 1. The summed E-state index contributed by atoms with van der Waals surface area (Å²) < 4.78 is 37.3. The fourth-order valence-electron chi connectivity index (χ4n) is 6.21. The molecule has 0 spiro atoms. The van der Waals surface area contributed by atoms with Crippen LogP contribution in [0.1, 0.15) is 57.2 Å². The molecule has 0 bridgehead atoms. The number of aliphatic hydroxyl groups is 1. The molecule has 0 saturated carbocycles. The maximum absolute atomic E-state index is 14.8. The van der Waals surface area contributed by atoms with Gasteiger partial charge in [0.25, 0.3) is 0 Å². The van der Waals surface area contributed by atoms with E-state index in [-0.39, 0.29) is 18.0 Å². The predicted molar refractivity (Wildman–Crippen MR) is 197 cm³/mol. The summed E-state index contributed by atoms with van der Waals surface area (Å²) in [5.41, 5.74) is 5.35. The Morgan fingerprint density at radius 1 is 0.735 bits per heavy atom. The summed E-state index contributed by atoms with van der Waals surface area (Å²) >= 11 is 1.00. The second kappa shape index (κ2) is 16.6. The maximum Gasteiger partial charge on any atom is 0.244 e. The molecule has 0 unspecified atom stereocenters. The highest BCUT2D eigenvalue weighted by Gasteiger charge is 2.39. The third-order valence-corrected chi connectivity index (χ3v) is 12.2. The van der Waals surface area contributed by atoms with Crippen LogP contribution in [-0.4, -0.2) is 35.1 Å². The first-order valence-corrected chi connectivity index (χ1v) is 18.7. The first-order chi connectivity index (χ1) is 23.6. The van der Waals surface area contributed by atoms with Crippen molar-refractivity contribution in [2.24, 2.45) is 0 Å².